The number of hydrogen-bond acceptors (Lipinski definition) is 6. The Labute approximate surface area is 227 Å². The molecule has 2 unspecified atom stereocenters. The minimum Gasteiger partial charge on any atom is -0.496 e. The zero-order valence-corrected chi connectivity index (χ0v) is 22.0. The number of para-hydroxylation sites is 1. The Morgan fingerprint density at radius 1 is 0.974 bits per heavy atom. The number of nitriles is 1. The SMILES string of the molecule is COc1ccccc1C1CC2CC(N3CCN(c4ccc(C#N)c(F)c4)CC3)CC2C1.O=C(O)/C=C/C(=O)O. The number of fused-ring (bicyclic) bond motifs is 1. The number of carboxylic acids is 2. The van der Waals surface area contributed by atoms with E-state index >= 15 is 0 Å². The molecule has 1 aliphatic heterocycles. The van der Waals surface area contributed by atoms with Crippen LogP contribution >= 0.6 is 0 Å². The molecule has 2 aliphatic carbocycles. The second kappa shape index (κ2) is 12.8. The van der Waals surface area contributed by atoms with Crippen LogP contribution in [-0.4, -0.2) is 66.4 Å². The highest BCUT2D eigenvalue weighted by molar-refractivity contribution is 5.89. The molecule has 2 N–H and O–H groups in total. The topological polar surface area (TPSA) is 114 Å². The predicted octanol–water partition coefficient (Wildman–Crippen LogP) is 4.51. The Balaban J connectivity index is 0.000000386. The van der Waals surface area contributed by atoms with Gasteiger partial charge in [-0.05, 0) is 73.3 Å². The number of nitrogens with zero attached hydrogens (tertiary/aromatic N) is 3. The van der Waals surface area contributed by atoms with Gasteiger partial charge < -0.3 is 19.8 Å². The third-order valence-corrected chi connectivity index (χ3v) is 8.21. The molecule has 0 bridgehead atoms. The first kappa shape index (κ1) is 28.1. The summed E-state index contributed by atoms with van der Waals surface area (Å²) in [5.41, 5.74) is 2.39. The molecule has 8 nitrogen and oxygen atoms in total. The Morgan fingerprint density at radius 3 is 2.13 bits per heavy atom. The lowest BCUT2D eigenvalue weighted by atomic mass is 9.93. The fraction of sp³-hybridized carbons (Fsp3) is 0.433. The number of carbonyl (C=O) groups is 2. The maximum atomic E-state index is 14.0. The lowest BCUT2D eigenvalue weighted by Crippen LogP contribution is -2.50. The average molecular weight is 536 g/mol. The standard InChI is InChI=1S/C26H30FN3O.C4H4O4/c1-31-26-5-3-2-4-24(26)21-12-19-14-23(15-20(19)13-21)30-10-8-29(9-11-30)22-7-6-18(17-28)25(27)16-22;5-3(6)1-2-4(7)8/h2-7,16,19-21,23H,8-15H2,1H3;1-2H,(H,5,6)(H,7,8)/b;2-1+. The highest BCUT2D eigenvalue weighted by Crippen LogP contribution is 2.52. The van der Waals surface area contributed by atoms with Crippen molar-refractivity contribution >= 4 is 17.6 Å². The Bertz CT molecular complexity index is 1220. The number of halogens is 1. The summed E-state index contributed by atoms with van der Waals surface area (Å²) in [6, 6.07) is 16.1. The number of aliphatic carboxylic acids is 2. The number of piperazine rings is 1. The first-order chi connectivity index (χ1) is 18.8. The summed E-state index contributed by atoms with van der Waals surface area (Å²) in [5.74, 6) is 0.390. The quantitative estimate of drug-likeness (QED) is 0.520. The van der Waals surface area contributed by atoms with Crippen molar-refractivity contribution < 1.29 is 28.9 Å². The second-order valence-electron chi connectivity index (χ2n) is 10.4. The van der Waals surface area contributed by atoms with Crippen LogP contribution in [0, 0.1) is 29.0 Å². The van der Waals surface area contributed by atoms with E-state index in [0.29, 0.717) is 24.1 Å². The summed E-state index contributed by atoms with van der Waals surface area (Å²) < 4.78 is 19.6. The van der Waals surface area contributed by atoms with E-state index in [1.807, 2.05) is 12.1 Å². The zero-order valence-electron chi connectivity index (χ0n) is 22.0. The van der Waals surface area contributed by atoms with E-state index in [1.165, 1.54) is 37.3 Å². The molecule has 0 spiro atoms. The molecule has 5 rings (SSSR count). The summed E-state index contributed by atoms with van der Waals surface area (Å²) in [6.45, 7) is 3.89. The van der Waals surface area contributed by atoms with Crippen molar-refractivity contribution in [2.75, 3.05) is 38.2 Å². The largest absolute Gasteiger partial charge is 0.496 e. The van der Waals surface area contributed by atoms with Gasteiger partial charge in [-0.25, -0.2) is 14.0 Å². The molecule has 9 heteroatoms. The van der Waals surface area contributed by atoms with Gasteiger partial charge in [0, 0.05) is 50.1 Å². The lowest BCUT2D eigenvalue weighted by molar-refractivity contribution is -0.134. The molecule has 1 saturated heterocycles. The van der Waals surface area contributed by atoms with Crippen molar-refractivity contribution in [1.29, 1.82) is 5.26 Å². The molecule has 206 valence electrons. The van der Waals surface area contributed by atoms with Gasteiger partial charge in [-0.1, -0.05) is 18.2 Å². The number of rotatable bonds is 6. The van der Waals surface area contributed by atoms with Gasteiger partial charge in [-0.15, -0.1) is 0 Å². The van der Waals surface area contributed by atoms with E-state index in [4.69, 9.17) is 20.2 Å². The number of benzene rings is 2. The minimum absolute atomic E-state index is 0.117. The molecule has 0 amide bonds. The van der Waals surface area contributed by atoms with Gasteiger partial charge in [0.15, 0.2) is 0 Å². The van der Waals surface area contributed by atoms with Crippen LogP contribution in [0.3, 0.4) is 0 Å². The molecule has 2 aromatic carbocycles. The summed E-state index contributed by atoms with van der Waals surface area (Å²) >= 11 is 0. The van der Waals surface area contributed by atoms with E-state index < -0.39 is 17.8 Å². The van der Waals surface area contributed by atoms with Gasteiger partial charge in [-0.3, -0.25) is 4.90 Å². The van der Waals surface area contributed by atoms with E-state index in [2.05, 4.69) is 34.1 Å². The van der Waals surface area contributed by atoms with Crippen molar-refractivity contribution in [3.63, 3.8) is 0 Å². The number of methoxy groups -OCH3 is 1. The van der Waals surface area contributed by atoms with E-state index in [9.17, 15) is 14.0 Å². The van der Waals surface area contributed by atoms with Crippen molar-refractivity contribution in [3.05, 3.63) is 71.6 Å². The normalized spacial score (nSPS) is 24.5. The molecular formula is C30H34FN3O5. The summed E-state index contributed by atoms with van der Waals surface area (Å²) in [5, 5.41) is 24.6. The van der Waals surface area contributed by atoms with Crippen LogP contribution in [0.5, 0.6) is 5.75 Å². The Hall–Kier alpha value is -3.90. The van der Waals surface area contributed by atoms with Crippen LogP contribution in [-0.2, 0) is 9.59 Å². The number of ether oxygens (including phenoxy) is 1. The first-order valence-corrected chi connectivity index (χ1v) is 13.2. The molecule has 3 fully saturated rings. The molecule has 2 aromatic rings. The first-order valence-electron chi connectivity index (χ1n) is 13.2. The van der Waals surface area contributed by atoms with E-state index in [0.717, 1.165) is 49.5 Å². The average Bonchev–Trinajstić information content (AvgIpc) is 3.52. The number of hydrogen-bond donors (Lipinski definition) is 2. The smallest absolute Gasteiger partial charge is 0.328 e. The third-order valence-electron chi connectivity index (χ3n) is 8.21. The van der Waals surface area contributed by atoms with Gasteiger partial charge >= 0.3 is 11.9 Å². The molecular weight excluding hydrogens is 501 g/mol. The Morgan fingerprint density at radius 2 is 1.59 bits per heavy atom. The van der Waals surface area contributed by atoms with Gasteiger partial charge in [0.25, 0.3) is 0 Å². The van der Waals surface area contributed by atoms with Crippen LogP contribution < -0.4 is 9.64 Å². The van der Waals surface area contributed by atoms with E-state index in [1.54, 1.807) is 13.2 Å². The fourth-order valence-electron chi connectivity index (χ4n) is 6.42. The van der Waals surface area contributed by atoms with E-state index in [-0.39, 0.29) is 5.56 Å². The maximum Gasteiger partial charge on any atom is 0.328 e. The Kier molecular flexibility index (Phi) is 9.20. The number of carboxylic acid groups (broad SMARTS) is 2. The third kappa shape index (κ3) is 6.95. The molecule has 0 radical (unpaired) electrons. The van der Waals surface area contributed by atoms with Crippen LogP contribution in [0.2, 0.25) is 0 Å². The zero-order chi connectivity index (χ0) is 27.9. The molecule has 2 atom stereocenters. The minimum atomic E-state index is -1.26. The van der Waals surface area contributed by atoms with Crippen LogP contribution in [0.25, 0.3) is 0 Å². The van der Waals surface area contributed by atoms with Crippen molar-refractivity contribution in [3.8, 4) is 11.8 Å². The van der Waals surface area contributed by atoms with Gasteiger partial charge in [0.05, 0.1) is 12.7 Å². The summed E-state index contributed by atoms with van der Waals surface area (Å²) in [4.78, 5) is 24.0. The van der Waals surface area contributed by atoms with Crippen LogP contribution in [0.15, 0.2) is 54.6 Å². The highest BCUT2D eigenvalue weighted by Gasteiger charge is 2.44. The fourth-order valence-corrected chi connectivity index (χ4v) is 6.42. The molecule has 3 aliphatic rings. The molecule has 2 saturated carbocycles. The highest BCUT2D eigenvalue weighted by atomic mass is 19.1. The number of anilines is 1. The van der Waals surface area contributed by atoms with Crippen molar-refractivity contribution in [2.45, 2.75) is 37.6 Å². The predicted molar refractivity (Wildman–Crippen MR) is 144 cm³/mol. The van der Waals surface area contributed by atoms with Crippen LogP contribution in [0.4, 0.5) is 10.1 Å². The van der Waals surface area contributed by atoms with Crippen molar-refractivity contribution in [1.82, 2.24) is 4.90 Å². The summed E-state index contributed by atoms with van der Waals surface area (Å²) in [7, 11) is 1.77. The van der Waals surface area contributed by atoms with Crippen LogP contribution in [0.1, 0.15) is 42.7 Å². The van der Waals surface area contributed by atoms with Crippen molar-refractivity contribution in [2.24, 2.45) is 11.8 Å². The maximum absolute atomic E-state index is 14.0. The molecule has 0 aromatic heterocycles. The van der Waals surface area contributed by atoms with Gasteiger partial charge in [0.2, 0.25) is 0 Å². The lowest BCUT2D eigenvalue weighted by Gasteiger charge is -2.39. The van der Waals surface area contributed by atoms with Gasteiger partial charge in [-0.2, -0.15) is 5.26 Å². The molecule has 39 heavy (non-hydrogen) atoms. The molecule has 1 heterocycles. The monoisotopic (exact) mass is 535 g/mol. The second-order valence-corrected chi connectivity index (χ2v) is 10.4. The summed E-state index contributed by atoms with van der Waals surface area (Å²) in [6.07, 6.45) is 6.30. The van der Waals surface area contributed by atoms with Gasteiger partial charge in [0.1, 0.15) is 17.6 Å².